The van der Waals surface area contributed by atoms with Crippen molar-refractivity contribution in [2.45, 2.75) is 6.04 Å². The lowest BCUT2D eigenvalue weighted by Gasteiger charge is -2.39. The van der Waals surface area contributed by atoms with E-state index in [-0.39, 0.29) is 17.8 Å². The summed E-state index contributed by atoms with van der Waals surface area (Å²) < 4.78 is 18.7. The molecule has 2 aromatic carbocycles. The highest BCUT2D eigenvalue weighted by molar-refractivity contribution is 5.95. The van der Waals surface area contributed by atoms with Gasteiger partial charge >= 0.3 is 0 Å². The lowest BCUT2D eigenvalue weighted by molar-refractivity contribution is 0.0624. The van der Waals surface area contributed by atoms with Gasteiger partial charge in [0.2, 0.25) is 0 Å². The van der Waals surface area contributed by atoms with Gasteiger partial charge in [0.25, 0.3) is 5.91 Å². The molecular formula is C20H17FN4O2. The maximum Gasteiger partial charge on any atom is 0.254 e. The van der Waals surface area contributed by atoms with Gasteiger partial charge in [0.05, 0.1) is 12.2 Å². The number of hydrogen-bond donors (Lipinski definition) is 1. The molecule has 1 amide bonds. The van der Waals surface area contributed by atoms with E-state index in [1.165, 1.54) is 12.1 Å². The standard InChI is InChI=1S/C20H17FN4O2/c21-15-4-6-17(7-5-15)27-18-3-1-2-14(10-18)20(26)25-12-16(13-25)24-19-11-22-8-9-23-19/h1-11,16H,12-13H2,(H,23,24). The zero-order valence-electron chi connectivity index (χ0n) is 14.4. The number of aromatic nitrogens is 2. The molecule has 1 aromatic heterocycles. The summed E-state index contributed by atoms with van der Waals surface area (Å²) in [5.74, 6) is 1.36. The third-order valence-corrected chi connectivity index (χ3v) is 4.21. The summed E-state index contributed by atoms with van der Waals surface area (Å²) in [5, 5.41) is 3.24. The molecule has 0 aliphatic carbocycles. The Kier molecular flexibility index (Phi) is 4.65. The molecule has 0 radical (unpaired) electrons. The highest BCUT2D eigenvalue weighted by Gasteiger charge is 2.31. The third kappa shape index (κ3) is 4.03. The summed E-state index contributed by atoms with van der Waals surface area (Å²) in [7, 11) is 0. The van der Waals surface area contributed by atoms with Crippen LogP contribution < -0.4 is 10.1 Å². The van der Waals surface area contributed by atoms with Crippen molar-refractivity contribution in [1.82, 2.24) is 14.9 Å². The van der Waals surface area contributed by atoms with E-state index in [4.69, 9.17) is 4.74 Å². The van der Waals surface area contributed by atoms with Crippen molar-refractivity contribution < 1.29 is 13.9 Å². The molecule has 2 heterocycles. The van der Waals surface area contributed by atoms with Crippen LogP contribution in [0.25, 0.3) is 0 Å². The van der Waals surface area contributed by atoms with E-state index in [1.807, 2.05) is 0 Å². The van der Waals surface area contributed by atoms with Crippen LogP contribution in [-0.2, 0) is 0 Å². The number of carbonyl (C=O) groups excluding carboxylic acids is 1. The average Bonchev–Trinajstić information content (AvgIpc) is 2.67. The number of carbonyl (C=O) groups is 1. The Morgan fingerprint density at radius 3 is 2.67 bits per heavy atom. The molecule has 3 aromatic rings. The summed E-state index contributed by atoms with van der Waals surface area (Å²) in [4.78, 5) is 22.6. The third-order valence-electron chi connectivity index (χ3n) is 4.21. The molecule has 0 spiro atoms. The molecule has 1 fully saturated rings. The van der Waals surface area contributed by atoms with Gasteiger partial charge in [-0.2, -0.15) is 0 Å². The Labute approximate surface area is 155 Å². The molecule has 27 heavy (non-hydrogen) atoms. The fraction of sp³-hybridized carbons (Fsp3) is 0.150. The van der Waals surface area contributed by atoms with E-state index in [0.717, 1.165) is 0 Å². The van der Waals surface area contributed by atoms with E-state index in [9.17, 15) is 9.18 Å². The lowest BCUT2D eigenvalue weighted by atomic mass is 10.1. The first kappa shape index (κ1) is 17.0. The van der Waals surface area contributed by atoms with Crippen molar-refractivity contribution in [2.24, 2.45) is 0 Å². The van der Waals surface area contributed by atoms with Crippen LogP contribution in [0.3, 0.4) is 0 Å². The van der Waals surface area contributed by atoms with Gasteiger partial charge in [-0.3, -0.25) is 9.78 Å². The molecule has 1 aliphatic heterocycles. The van der Waals surface area contributed by atoms with Crippen LogP contribution >= 0.6 is 0 Å². The Balaban J connectivity index is 1.36. The zero-order valence-corrected chi connectivity index (χ0v) is 14.4. The topological polar surface area (TPSA) is 67.3 Å². The van der Waals surface area contributed by atoms with Crippen LogP contribution in [0.2, 0.25) is 0 Å². The Morgan fingerprint density at radius 2 is 1.93 bits per heavy atom. The number of benzene rings is 2. The molecule has 1 aliphatic rings. The Bertz CT molecular complexity index is 928. The number of ether oxygens (including phenoxy) is 1. The van der Waals surface area contributed by atoms with Crippen molar-refractivity contribution in [3.05, 3.63) is 78.5 Å². The van der Waals surface area contributed by atoms with Crippen LogP contribution in [-0.4, -0.2) is 39.9 Å². The molecule has 1 N–H and O–H groups in total. The molecule has 136 valence electrons. The van der Waals surface area contributed by atoms with Gasteiger partial charge in [-0.25, -0.2) is 9.37 Å². The number of amides is 1. The minimum atomic E-state index is -0.325. The largest absolute Gasteiger partial charge is 0.457 e. The smallest absolute Gasteiger partial charge is 0.254 e. The van der Waals surface area contributed by atoms with E-state index in [0.29, 0.717) is 36.0 Å². The van der Waals surface area contributed by atoms with E-state index in [2.05, 4.69) is 15.3 Å². The van der Waals surface area contributed by atoms with E-state index >= 15 is 0 Å². The summed E-state index contributed by atoms with van der Waals surface area (Å²) in [6.45, 7) is 1.19. The second-order valence-corrected chi connectivity index (χ2v) is 6.23. The monoisotopic (exact) mass is 364 g/mol. The van der Waals surface area contributed by atoms with Gasteiger partial charge in [0, 0.05) is 31.0 Å². The molecule has 4 rings (SSSR count). The predicted octanol–water partition coefficient (Wildman–Crippen LogP) is 3.34. The van der Waals surface area contributed by atoms with Crippen molar-refractivity contribution >= 4 is 11.7 Å². The van der Waals surface area contributed by atoms with Gasteiger partial charge < -0.3 is 15.0 Å². The maximum atomic E-state index is 13.0. The van der Waals surface area contributed by atoms with Gasteiger partial charge in [-0.1, -0.05) is 6.07 Å². The summed E-state index contributed by atoms with van der Waals surface area (Å²) >= 11 is 0. The van der Waals surface area contributed by atoms with Crippen molar-refractivity contribution in [2.75, 3.05) is 18.4 Å². The molecular weight excluding hydrogens is 347 g/mol. The quantitative estimate of drug-likeness (QED) is 0.752. The number of rotatable bonds is 5. The number of likely N-dealkylation sites (tertiary alicyclic amines) is 1. The first-order valence-electron chi connectivity index (χ1n) is 8.53. The van der Waals surface area contributed by atoms with Crippen molar-refractivity contribution in [1.29, 1.82) is 0 Å². The fourth-order valence-electron chi connectivity index (χ4n) is 2.83. The average molecular weight is 364 g/mol. The van der Waals surface area contributed by atoms with E-state index < -0.39 is 0 Å². The SMILES string of the molecule is O=C(c1cccc(Oc2ccc(F)cc2)c1)N1CC(Nc2cnccn2)C1. The van der Waals surface area contributed by atoms with Crippen molar-refractivity contribution in [3.63, 3.8) is 0 Å². The van der Waals surface area contributed by atoms with Crippen LogP contribution in [0.1, 0.15) is 10.4 Å². The summed E-state index contributed by atoms with van der Waals surface area (Å²) in [6.07, 6.45) is 4.89. The molecule has 0 atom stereocenters. The first-order valence-corrected chi connectivity index (χ1v) is 8.53. The minimum Gasteiger partial charge on any atom is -0.457 e. The Morgan fingerprint density at radius 1 is 1.11 bits per heavy atom. The van der Waals surface area contributed by atoms with Gasteiger partial charge in [0.15, 0.2) is 0 Å². The number of anilines is 1. The van der Waals surface area contributed by atoms with Gasteiger partial charge in [-0.05, 0) is 42.5 Å². The highest BCUT2D eigenvalue weighted by atomic mass is 19.1. The number of nitrogens with zero attached hydrogens (tertiary/aromatic N) is 3. The molecule has 0 saturated carbocycles. The predicted molar refractivity (Wildman–Crippen MR) is 98.3 cm³/mol. The first-order chi connectivity index (χ1) is 13.2. The fourth-order valence-corrected chi connectivity index (χ4v) is 2.83. The second-order valence-electron chi connectivity index (χ2n) is 6.23. The van der Waals surface area contributed by atoms with Crippen LogP contribution in [0, 0.1) is 5.82 Å². The summed E-state index contributed by atoms with van der Waals surface area (Å²) in [6, 6.07) is 12.9. The molecule has 7 heteroatoms. The number of hydrogen-bond acceptors (Lipinski definition) is 5. The van der Waals surface area contributed by atoms with Crippen LogP contribution in [0.4, 0.5) is 10.2 Å². The zero-order chi connectivity index (χ0) is 18.6. The van der Waals surface area contributed by atoms with Crippen LogP contribution in [0.5, 0.6) is 11.5 Å². The highest BCUT2D eigenvalue weighted by Crippen LogP contribution is 2.24. The molecule has 1 saturated heterocycles. The normalized spacial score (nSPS) is 13.7. The molecule has 0 bridgehead atoms. The van der Waals surface area contributed by atoms with Gasteiger partial charge in [-0.15, -0.1) is 0 Å². The lowest BCUT2D eigenvalue weighted by Crippen LogP contribution is -2.57. The number of halogens is 1. The Hall–Kier alpha value is -3.48. The van der Waals surface area contributed by atoms with Crippen LogP contribution in [0.15, 0.2) is 67.1 Å². The minimum absolute atomic E-state index is 0.0586. The molecule has 0 unspecified atom stereocenters. The maximum absolute atomic E-state index is 13.0. The molecule has 6 nitrogen and oxygen atoms in total. The van der Waals surface area contributed by atoms with Gasteiger partial charge in [0.1, 0.15) is 23.1 Å². The van der Waals surface area contributed by atoms with E-state index in [1.54, 1.807) is 59.9 Å². The summed E-state index contributed by atoms with van der Waals surface area (Å²) in [5.41, 5.74) is 0.549. The second kappa shape index (κ2) is 7.41. The van der Waals surface area contributed by atoms with Crippen molar-refractivity contribution in [3.8, 4) is 11.5 Å². The number of nitrogens with one attached hydrogen (secondary N) is 1.